The number of hydrogen-bond acceptors (Lipinski definition) is 8. The lowest BCUT2D eigenvalue weighted by molar-refractivity contribution is -0.163. The van der Waals surface area contributed by atoms with E-state index in [4.69, 9.17) is 4.74 Å². The number of carbonyl (C=O) groups is 5. The van der Waals surface area contributed by atoms with Gasteiger partial charge in [-0.2, -0.15) is 0 Å². The summed E-state index contributed by atoms with van der Waals surface area (Å²) >= 11 is 0. The van der Waals surface area contributed by atoms with E-state index in [1.54, 1.807) is 0 Å². The molecule has 176 valence electrons. The number of amides is 2. The second-order valence-electron chi connectivity index (χ2n) is 7.15. The molecule has 0 aromatic heterocycles. The van der Waals surface area contributed by atoms with Crippen molar-refractivity contribution >= 4 is 29.7 Å². The summed E-state index contributed by atoms with van der Waals surface area (Å²) in [7, 11) is 3.29. The van der Waals surface area contributed by atoms with E-state index >= 15 is 0 Å². The van der Waals surface area contributed by atoms with Gasteiger partial charge in [-0.25, -0.2) is 4.79 Å². The van der Waals surface area contributed by atoms with Crippen LogP contribution in [0.25, 0.3) is 0 Å². The zero-order chi connectivity index (χ0) is 24.3. The minimum atomic E-state index is -1.45. The van der Waals surface area contributed by atoms with Crippen molar-refractivity contribution in [3.05, 3.63) is 35.9 Å². The van der Waals surface area contributed by atoms with Crippen molar-refractivity contribution in [2.75, 3.05) is 21.3 Å². The van der Waals surface area contributed by atoms with Gasteiger partial charge >= 0.3 is 17.9 Å². The Bertz CT molecular complexity index is 795. The van der Waals surface area contributed by atoms with E-state index in [0.29, 0.717) is 0 Å². The van der Waals surface area contributed by atoms with Gasteiger partial charge in [0.15, 0.2) is 5.92 Å². The Morgan fingerprint density at radius 1 is 0.750 bits per heavy atom. The van der Waals surface area contributed by atoms with Crippen LogP contribution < -0.4 is 10.6 Å². The Morgan fingerprint density at radius 3 is 1.69 bits per heavy atom. The first-order valence-electron chi connectivity index (χ1n) is 10.0. The van der Waals surface area contributed by atoms with Crippen LogP contribution in [-0.2, 0) is 38.2 Å². The zero-order valence-corrected chi connectivity index (χ0v) is 18.9. The standard InChI is InChI=1S/C22H30N2O8/c1-13(18(20(27)30-3)21(28)31-4)19(22(29)32-5)24-17(26)12-11-16(25)23-14(2)15-9-7-6-8-10-15/h6-10,13-14,18-19H,11-12H2,1-5H3,(H,23,25)(H,24,26)/t13-,14-,19+/m1/s1. The molecule has 0 bridgehead atoms. The first kappa shape index (κ1) is 26.6. The molecule has 0 fully saturated rings. The third kappa shape index (κ3) is 7.68. The maximum Gasteiger partial charge on any atom is 0.328 e. The number of esters is 3. The highest BCUT2D eigenvalue weighted by Gasteiger charge is 2.42. The fraction of sp³-hybridized carbons (Fsp3) is 0.500. The van der Waals surface area contributed by atoms with E-state index in [2.05, 4.69) is 20.1 Å². The molecule has 10 nitrogen and oxygen atoms in total. The molecule has 0 aliphatic carbocycles. The molecule has 2 N–H and O–H groups in total. The lowest BCUT2D eigenvalue weighted by atomic mass is 9.87. The topological polar surface area (TPSA) is 137 Å². The Kier molecular flexibility index (Phi) is 10.9. The first-order chi connectivity index (χ1) is 15.2. The minimum absolute atomic E-state index is 0.122. The number of carbonyl (C=O) groups excluding carboxylic acids is 5. The van der Waals surface area contributed by atoms with Crippen molar-refractivity contribution in [1.29, 1.82) is 0 Å². The van der Waals surface area contributed by atoms with E-state index < -0.39 is 41.7 Å². The summed E-state index contributed by atoms with van der Waals surface area (Å²) in [6.45, 7) is 3.23. The molecule has 0 spiro atoms. The van der Waals surface area contributed by atoms with Gasteiger partial charge in [0.1, 0.15) is 6.04 Å². The molecule has 0 unspecified atom stereocenters. The SMILES string of the molecule is COC(=O)C(C(=O)OC)[C@@H](C)[C@H](NC(=O)CCC(=O)N[C@H](C)c1ccccc1)C(=O)OC. The average molecular weight is 450 g/mol. The lowest BCUT2D eigenvalue weighted by Crippen LogP contribution is -2.51. The van der Waals surface area contributed by atoms with Gasteiger partial charge in [-0.15, -0.1) is 0 Å². The van der Waals surface area contributed by atoms with Gasteiger partial charge in [-0.1, -0.05) is 37.3 Å². The molecule has 0 saturated carbocycles. The molecule has 0 heterocycles. The second-order valence-corrected chi connectivity index (χ2v) is 7.15. The third-order valence-electron chi connectivity index (χ3n) is 4.99. The van der Waals surface area contributed by atoms with E-state index in [0.717, 1.165) is 26.9 Å². The summed E-state index contributed by atoms with van der Waals surface area (Å²) in [4.78, 5) is 60.9. The minimum Gasteiger partial charge on any atom is -0.468 e. The largest absolute Gasteiger partial charge is 0.468 e. The van der Waals surface area contributed by atoms with Gasteiger partial charge in [-0.3, -0.25) is 19.2 Å². The summed E-state index contributed by atoms with van der Waals surface area (Å²) in [6.07, 6.45) is -0.336. The number of nitrogens with one attached hydrogen (secondary N) is 2. The zero-order valence-electron chi connectivity index (χ0n) is 18.9. The predicted octanol–water partition coefficient (Wildman–Crippen LogP) is 0.900. The molecule has 1 aromatic rings. The Hall–Kier alpha value is -3.43. The van der Waals surface area contributed by atoms with Gasteiger partial charge in [0.25, 0.3) is 0 Å². The highest BCUT2D eigenvalue weighted by molar-refractivity contribution is 5.96. The summed E-state index contributed by atoms with van der Waals surface area (Å²) in [6, 6.07) is 7.76. The summed E-state index contributed by atoms with van der Waals surface area (Å²) < 4.78 is 13.9. The third-order valence-corrected chi connectivity index (χ3v) is 4.99. The van der Waals surface area contributed by atoms with Gasteiger partial charge in [0.2, 0.25) is 11.8 Å². The smallest absolute Gasteiger partial charge is 0.328 e. The van der Waals surface area contributed by atoms with Crippen LogP contribution in [0.5, 0.6) is 0 Å². The van der Waals surface area contributed by atoms with Gasteiger partial charge in [-0.05, 0) is 12.5 Å². The van der Waals surface area contributed by atoms with Crippen molar-refractivity contribution in [2.24, 2.45) is 11.8 Å². The molecule has 0 radical (unpaired) electrons. The Labute approximate surface area is 187 Å². The molecule has 2 amide bonds. The number of hydrogen-bond donors (Lipinski definition) is 2. The van der Waals surface area contributed by atoms with Crippen LogP contribution in [0, 0.1) is 11.8 Å². The number of ether oxygens (including phenoxy) is 3. The molecule has 1 aromatic carbocycles. The van der Waals surface area contributed by atoms with Crippen LogP contribution in [0.3, 0.4) is 0 Å². The maximum atomic E-state index is 12.4. The molecular formula is C22H30N2O8. The maximum absolute atomic E-state index is 12.4. The highest BCUT2D eigenvalue weighted by atomic mass is 16.5. The summed E-state index contributed by atoms with van der Waals surface area (Å²) in [5.74, 6) is -6.14. The van der Waals surface area contributed by atoms with Crippen LogP contribution >= 0.6 is 0 Å². The van der Waals surface area contributed by atoms with Crippen molar-refractivity contribution in [1.82, 2.24) is 10.6 Å². The van der Waals surface area contributed by atoms with Gasteiger partial charge in [0, 0.05) is 18.8 Å². The summed E-state index contributed by atoms with van der Waals surface area (Å²) in [5, 5.41) is 5.23. The van der Waals surface area contributed by atoms with E-state index in [1.165, 1.54) is 6.92 Å². The first-order valence-corrected chi connectivity index (χ1v) is 10.0. The van der Waals surface area contributed by atoms with Crippen molar-refractivity contribution in [2.45, 2.75) is 38.8 Å². The van der Waals surface area contributed by atoms with Gasteiger partial charge in [0.05, 0.1) is 27.4 Å². The highest BCUT2D eigenvalue weighted by Crippen LogP contribution is 2.20. The molecule has 0 saturated heterocycles. The van der Waals surface area contributed by atoms with Crippen LogP contribution in [-0.4, -0.2) is 57.1 Å². The molecule has 10 heteroatoms. The normalized spacial score (nSPS) is 13.3. The van der Waals surface area contributed by atoms with Gasteiger partial charge < -0.3 is 24.8 Å². The quantitative estimate of drug-likeness (QED) is 0.288. The monoisotopic (exact) mass is 450 g/mol. The summed E-state index contributed by atoms with van der Waals surface area (Å²) in [5.41, 5.74) is 0.918. The van der Waals surface area contributed by atoms with Crippen molar-refractivity contribution < 1.29 is 38.2 Å². The van der Waals surface area contributed by atoms with E-state index in [-0.39, 0.29) is 24.8 Å². The molecule has 1 rings (SSSR count). The van der Waals surface area contributed by atoms with Crippen LogP contribution in [0.15, 0.2) is 30.3 Å². The Morgan fingerprint density at radius 2 is 1.22 bits per heavy atom. The number of methoxy groups -OCH3 is 3. The van der Waals surface area contributed by atoms with Crippen molar-refractivity contribution in [3.63, 3.8) is 0 Å². The fourth-order valence-electron chi connectivity index (χ4n) is 3.12. The lowest BCUT2D eigenvalue weighted by Gasteiger charge is -2.27. The second kappa shape index (κ2) is 13.1. The van der Waals surface area contributed by atoms with Crippen LogP contribution in [0.4, 0.5) is 0 Å². The number of benzene rings is 1. The van der Waals surface area contributed by atoms with E-state index in [9.17, 15) is 24.0 Å². The van der Waals surface area contributed by atoms with Crippen LogP contribution in [0.2, 0.25) is 0 Å². The fourth-order valence-corrected chi connectivity index (χ4v) is 3.12. The molecule has 32 heavy (non-hydrogen) atoms. The van der Waals surface area contributed by atoms with Crippen molar-refractivity contribution in [3.8, 4) is 0 Å². The number of rotatable bonds is 11. The van der Waals surface area contributed by atoms with Crippen LogP contribution in [0.1, 0.15) is 38.3 Å². The molecule has 0 aliphatic rings. The predicted molar refractivity (Wildman–Crippen MR) is 113 cm³/mol. The average Bonchev–Trinajstić information content (AvgIpc) is 2.80. The molecular weight excluding hydrogens is 420 g/mol. The van der Waals surface area contributed by atoms with E-state index in [1.807, 2.05) is 37.3 Å². The molecule has 3 atom stereocenters. The Balaban J connectivity index is 2.77. The molecule has 0 aliphatic heterocycles.